The highest BCUT2D eigenvalue weighted by Gasteiger charge is 2.29. The largest absolute Gasteiger partial charge is 0.385 e. The zero-order valence-electron chi connectivity index (χ0n) is 12.2. The van der Waals surface area contributed by atoms with E-state index in [1.807, 2.05) is 14.0 Å². The monoisotopic (exact) mass is 293 g/mol. The number of rotatable bonds is 8. The van der Waals surface area contributed by atoms with Crippen LogP contribution in [0.4, 0.5) is 0 Å². The van der Waals surface area contributed by atoms with E-state index in [1.165, 1.54) is 0 Å². The second-order valence-electron chi connectivity index (χ2n) is 5.23. The molecule has 2 N–H and O–H groups in total. The van der Waals surface area contributed by atoms with E-state index in [2.05, 4.69) is 10.0 Å². The van der Waals surface area contributed by atoms with Gasteiger partial charge in [-0.1, -0.05) is 0 Å². The van der Waals surface area contributed by atoms with Gasteiger partial charge in [0.1, 0.15) is 0 Å². The summed E-state index contributed by atoms with van der Waals surface area (Å²) in [6, 6.07) is -0.102. The zero-order valence-corrected chi connectivity index (χ0v) is 13.0. The Kier molecular flexibility index (Phi) is 7.23. The molecule has 1 heterocycles. The molecule has 0 aromatic carbocycles. The van der Waals surface area contributed by atoms with Crippen molar-refractivity contribution in [3.63, 3.8) is 0 Å². The molecule has 0 bridgehead atoms. The highest BCUT2D eigenvalue weighted by Crippen LogP contribution is 2.18. The Morgan fingerprint density at radius 2 is 2.21 bits per heavy atom. The van der Waals surface area contributed by atoms with Crippen molar-refractivity contribution in [1.82, 2.24) is 14.3 Å². The Morgan fingerprint density at radius 3 is 2.84 bits per heavy atom. The molecule has 0 radical (unpaired) electrons. The summed E-state index contributed by atoms with van der Waals surface area (Å²) >= 11 is 0. The fourth-order valence-corrected chi connectivity index (χ4v) is 3.93. The van der Waals surface area contributed by atoms with Crippen molar-refractivity contribution in [3.05, 3.63) is 0 Å². The maximum absolute atomic E-state index is 12.3. The molecule has 1 rings (SSSR count). The minimum absolute atomic E-state index is 0.102. The molecule has 0 aliphatic carbocycles. The molecule has 19 heavy (non-hydrogen) atoms. The zero-order chi connectivity index (χ0) is 14.3. The molecule has 2 atom stereocenters. The number of methoxy groups -OCH3 is 1. The second kappa shape index (κ2) is 8.16. The third kappa shape index (κ3) is 5.74. The van der Waals surface area contributed by atoms with Crippen LogP contribution in [0.2, 0.25) is 0 Å². The topological polar surface area (TPSA) is 70.7 Å². The fraction of sp³-hybridized carbons (Fsp3) is 1.00. The van der Waals surface area contributed by atoms with Crippen molar-refractivity contribution < 1.29 is 13.2 Å². The van der Waals surface area contributed by atoms with E-state index in [1.54, 1.807) is 11.4 Å². The maximum Gasteiger partial charge on any atom is 0.279 e. The maximum atomic E-state index is 12.3. The fourth-order valence-electron chi connectivity index (χ4n) is 2.38. The molecule has 0 saturated carbocycles. The van der Waals surface area contributed by atoms with E-state index in [0.29, 0.717) is 32.0 Å². The highest BCUT2D eigenvalue weighted by atomic mass is 32.2. The van der Waals surface area contributed by atoms with Crippen LogP contribution in [-0.2, 0) is 14.9 Å². The van der Waals surface area contributed by atoms with E-state index in [-0.39, 0.29) is 6.04 Å². The third-order valence-electron chi connectivity index (χ3n) is 3.42. The lowest BCUT2D eigenvalue weighted by Crippen LogP contribution is -2.49. The van der Waals surface area contributed by atoms with Crippen LogP contribution in [0.25, 0.3) is 0 Å². The molecule has 0 aromatic heterocycles. The third-order valence-corrected chi connectivity index (χ3v) is 5.13. The number of hydrogen-bond donors (Lipinski definition) is 2. The van der Waals surface area contributed by atoms with Crippen LogP contribution in [0, 0.1) is 5.92 Å². The van der Waals surface area contributed by atoms with Gasteiger partial charge in [-0.2, -0.15) is 17.4 Å². The quantitative estimate of drug-likeness (QED) is 0.670. The summed E-state index contributed by atoms with van der Waals surface area (Å²) in [5, 5.41) is 3.12. The molecule has 1 aliphatic heterocycles. The molecule has 2 unspecified atom stereocenters. The highest BCUT2D eigenvalue weighted by molar-refractivity contribution is 7.87. The van der Waals surface area contributed by atoms with Gasteiger partial charge in [0.15, 0.2) is 0 Å². The number of piperidine rings is 1. The molecule has 1 saturated heterocycles. The SMILES string of the molecule is CNCC1CCCN(S(=O)(=O)NC(C)CCOC)C1. The van der Waals surface area contributed by atoms with Gasteiger partial charge < -0.3 is 10.1 Å². The molecule has 0 aromatic rings. The summed E-state index contributed by atoms with van der Waals surface area (Å²) in [6.07, 6.45) is 2.70. The van der Waals surface area contributed by atoms with Gasteiger partial charge in [0.2, 0.25) is 0 Å². The molecule has 6 nitrogen and oxygen atoms in total. The molecule has 0 amide bonds. The van der Waals surface area contributed by atoms with Gasteiger partial charge in [-0.05, 0) is 45.7 Å². The van der Waals surface area contributed by atoms with Crippen LogP contribution in [-0.4, -0.2) is 59.2 Å². The Hall–Kier alpha value is -0.210. The molecule has 1 fully saturated rings. The smallest absolute Gasteiger partial charge is 0.279 e. The standard InChI is InChI=1S/C12H27N3O3S/c1-11(6-8-18-3)14-19(16,17)15-7-4-5-12(10-15)9-13-2/h11-14H,4-10H2,1-3H3. The molecular formula is C12H27N3O3S. The van der Waals surface area contributed by atoms with Crippen molar-refractivity contribution >= 4 is 10.2 Å². The Balaban J connectivity index is 2.51. The van der Waals surface area contributed by atoms with Gasteiger partial charge >= 0.3 is 0 Å². The van der Waals surface area contributed by atoms with E-state index in [0.717, 1.165) is 19.4 Å². The molecule has 7 heteroatoms. The lowest BCUT2D eigenvalue weighted by molar-refractivity contribution is 0.187. The Bertz CT molecular complexity index is 346. The van der Waals surface area contributed by atoms with Crippen LogP contribution >= 0.6 is 0 Å². The van der Waals surface area contributed by atoms with Crippen molar-refractivity contribution in [1.29, 1.82) is 0 Å². The number of hydrogen-bond acceptors (Lipinski definition) is 4. The van der Waals surface area contributed by atoms with Gasteiger partial charge in [-0.3, -0.25) is 0 Å². The molecule has 0 spiro atoms. The number of ether oxygens (including phenoxy) is 1. The molecular weight excluding hydrogens is 266 g/mol. The summed E-state index contributed by atoms with van der Waals surface area (Å²) in [5.41, 5.74) is 0. The lowest BCUT2D eigenvalue weighted by Gasteiger charge is -2.32. The van der Waals surface area contributed by atoms with E-state index >= 15 is 0 Å². The summed E-state index contributed by atoms with van der Waals surface area (Å²) in [4.78, 5) is 0. The minimum Gasteiger partial charge on any atom is -0.385 e. The number of nitrogens with one attached hydrogen (secondary N) is 2. The molecule has 1 aliphatic rings. The van der Waals surface area contributed by atoms with Crippen LogP contribution in [0.15, 0.2) is 0 Å². The summed E-state index contributed by atoms with van der Waals surface area (Å²) in [7, 11) is 0.156. The van der Waals surface area contributed by atoms with Crippen LogP contribution < -0.4 is 10.0 Å². The van der Waals surface area contributed by atoms with Crippen molar-refractivity contribution in [2.24, 2.45) is 5.92 Å². The van der Waals surface area contributed by atoms with E-state index < -0.39 is 10.2 Å². The first-order chi connectivity index (χ1) is 8.99. The average molecular weight is 293 g/mol. The first-order valence-corrected chi connectivity index (χ1v) is 8.34. The molecule has 114 valence electrons. The van der Waals surface area contributed by atoms with Crippen LogP contribution in [0.1, 0.15) is 26.2 Å². The first kappa shape index (κ1) is 16.8. The normalized spacial score (nSPS) is 23.4. The summed E-state index contributed by atoms with van der Waals surface area (Å²) in [5.74, 6) is 0.407. The summed E-state index contributed by atoms with van der Waals surface area (Å²) in [6.45, 7) is 4.52. The Morgan fingerprint density at radius 1 is 1.47 bits per heavy atom. The van der Waals surface area contributed by atoms with E-state index in [4.69, 9.17) is 4.74 Å². The van der Waals surface area contributed by atoms with Gasteiger partial charge in [0.05, 0.1) is 0 Å². The van der Waals surface area contributed by atoms with Gasteiger partial charge in [0.25, 0.3) is 10.2 Å². The van der Waals surface area contributed by atoms with Gasteiger partial charge in [-0.25, -0.2) is 0 Å². The van der Waals surface area contributed by atoms with Crippen LogP contribution in [0.3, 0.4) is 0 Å². The van der Waals surface area contributed by atoms with Crippen molar-refractivity contribution in [2.75, 3.05) is 40.4 Å². The average Bonchev–Trinajstić information content (AvgIpc) is 2.36. The predicted octanol–water partition coefficient (Wildman–Crippen LogP) is 0.177. The second-order valence-corrected chi connectivity index (χ2v) is 6.93. The van der Waals surface area contributed by atoms with Gasteiger partial charge in [0, 0.05) is 32.8 Å². The van der Waals surface area contributed by atoms with Crippen molar-refractivity contribution in [2.45, 2.75) is 32.2 Å². The Labute approximate surface area is 117 Å². The lowest BCUT2D eigenvalue weighted by atomic mass is 10.00. The predicted molar refractivity (Wildman–Crippen MR) is 76.2 cm³/mol. The van der Waals surface area contributed by atoms with E-state index in [9.17, 15) is 8.42 Å². The van der Waals surface area contributed by atoms with Gasteiger partial charge in [-0.15, -0.1) is 0 Å². The first-order valence-electron chi connectivity index (χ1n) is 6.90. The minimum atomic E-state index is -3.36. The summed E-state index contributed by atoms with van der Waals surface area (Å²) < 4.78 is 33.8. The van der Waals surface area contributed by atoms with Crippen LogP contribution in [0.5, 0.6) is 0 Å². The number of nitrogens with zero attached hydrogens (tertiary/aromatic N) is 1. The van der Waals surface area contributed by atoms with Crippen molar-refractivity contribution in [3.8, 4) is 0 Å².